The lowest BCUT2D eigenvalue weighted by Gasteiger charge is -2.27. The molecule has 0 fully saturated rings. The molecule has 1 aliphatic heterocycles. The van der Waals surface area contributed by atoms with E-state index in [4.69, 9.17) is 4.74 Å². The second kappa shape index (κ2) is 6.95. The Morgan fingerprint density at radius 3 is 2.77 bits per heavy atom. The van der Waals surface area contributed by atoms with Crippen molar-refractivity contribution < 1.29 is 9.53 Å². The number of hydrogen-bond donors (Lipinski definition) is 0. The highest BCUT2D eigenvalue weighted by atomic mass is 16.5. The predicted molar refractivity (Wildman–Crippen MR) is 94.5 cm³/mol. The van der Waals surface area contributed by atoms with E-state index in [2.05, 4.69) is 15.1 Å². The molecule has 0 aliphatic carbocycles. The fourth-order valence-corrected chi connectivity index (χ4v) is 2.97. The van der Waals surface area contributed by atoms with Gasteiger partial charge >= 0.3 is 0 Å². The van der Waals surface area contributed by atoms with Crippen LogP contribution in [-0.4, -0.2) is 37.1 Å². The van der Waals surface area contributed by atoms with E-state index in [0.29, 0.717) is 31.9 Å². The van der Waals surface area contributed by atoms with Gasteiger partial charge in [-0.3, -0.25) is 19.4 Å². The lowest BCUT2D eigenvalue weighted by Crippen LogP contribution is -2.40. The zero-order valence-electron chi connectivity index (χ0n) is 14.5. The second-order valence-electron chi connectivity index (χ2n) is 6.22. The largest absolute Gasteiger partial charge is 0.487 e. The van der Waals surface area contributed by atoms with Crippen LogP contribution < -0.4 is 4.74 Å². The summed E-state index contributed by atoms with van der Waals surface area (Å²) in [7, 11) is 0. The highest BCUT2D eigenvalue weighted by Crippen LogP contribution is 2.17. The Bertz CT molecular complexity index is 923. The molecular formula is C19H19N5O2. The Labute approximate surface area is 151 Å². The Morgan fingerprint density at radius 1 is 1.12 bits per heavy atom. The summed E-state index contributed by atoms with van der Waals surface area (Å²) in [4.78, 5) is 23.1. The Kier molecular flexibility index (Phi) is 4.35. The lowest BCUT2D eigenvalue weighted by atomic mass is 10.2. The van der Waals surface area contributed by atoms with Gasteiger partial charge in [-0.2, -0.15) is 5.10 Å². The van der Waals surface area contributed by atoms with Crippen molar-refractivity contribution in [3.05, 3.63) is 71.6 Å². The van der Waals surface area contributed by atoms with E-state index in [0.717, 1.165) is 22.8 Å². The maximum atomic E-state index is 12.8. The average Bonchev–Trinajstić information content (AvgIpc) is 3.07. The molecule has 0 N–H and O–H groups in total. The maximum absolute atomic E-state index is 12.8. The molecule has 1 amide bonds. The molecule has 0 saturated carbocycles. The Morgan fingerprint density at radius 2 is 1.96 bits per heavy atom. The molecule has 26 heavy (non-hydrogen) atoms. The minimum Gasteiger partial charge on any atom is -0.487 e. The van der Waals surface area contributed by atoms with Crippen molar-refractivity contribution in [2.45, 2.75) is 26.6 Å². The van der Waals surface area contributed by atoms with Crippen LogP contribution in [0, 0.1) is 6.92 Å². The molecule has 7 heteroatoms. The molecule has 0 saturated heterocycles. The number of aryl methyl sites for hydroxylation is 1. The SMILES string of the molecule is Cc1cncc(CN2CCn3nc(COc4ccccc4)cc3C2=O)n1. The zero-order valence-corrected chi connectivity index (χ0v) is 14.5. The van der Waals surface area contributed by atoms with Crippen LogP contribution in [0.25, 0.3) is 0 Å². The molecule has 0 atom stereocenters. The Balaban J connectivity index is 1.45. The van der Waals surface area contributed by atoms with E-state index in [1.54, 1.807) is 28.0 Å². The molecule has 0 spiro atoms. The van der Waals surface area contributed by atoms with Crippen molar-refractivity contribution in [2.75, 3.05) is 6.54 Å². The van der Waals surface area contributed by atoms with Gasteiger partial charge in [0.2, 0.25) is 0 Å². The minimum absolute atomic E-state index is 0.0435. The minimum atomic E-state index is -0.0435. The van der Waals surface area contributed by atoms with Gasteiger partial charge in [-0.1, -0.05) is 18.2 Å². The normalized spacial score (nSPS) is 13.6. The summed E-state index contributed by atoms with van der Waals surface area (Å²) in [6, 6.07) is 11.4. The number of ether oxygens (including phenoxy) is 1. The van der Waals surface area contributed by atoms with Crippen LogP contribution in [0.3, 0.4) is 0 Å². The summed E-state index contributed by atoms with van der Waals surface area (Å²) in [6.45, 7) is 3.94. The van der Waals surface area contributed by atoms with Gasteiger partial charge in [-0.15, -0.1) is 0 Å². The molecule has 0 radical (unpaired) electrons. The predicted octanol–water partition coefficient (Wildman–Crippen LogP) is 2.22. The van der Waals surface area contributed by atoms with Crippen molar-refractivity contribution in [3.8, 4) is 5.75 Å². The van der Waals surface area contributed by atoms with E-state index < -0.39 is 0 Å². The van der Waals surface area contributed by atoms with Crippen LogP contribution in [0.2, 0.25) is 0 Å². The molecule has 0 unspecified atom stereocenters. The monoisotopic (exact) mass is 349 g/mol. The van der Waals surface area contributed by atoms with Crippen LogP contribution in [0.1, 0.15) is 27.6 Å². The fourth-order valence-electron chi connectivity index (χ4n) is 2.97. The van der Waals surface area contributed by atoms with Gasteiger partial charge in [-0.05, 0) is 25.1 Å². The second-order valence-corrected chi connectivity index (χ2v) is 6.22. The van der Waals surface area contributed by atoms with E-state index in [1.807, 2.05) is 37.3 Å². The topological polar surface area (TPSA) is 73.1 Å². The van der Waals surface area contributed by atoms with Gasteiger partial charge in [0.15, 0.2) is 0 Å². The van der Waals surface area contributed by atoms with Gasteiger partial charge < -0.3 is 9.64 Å². The van der Waals surface area contributed by atoms with E-state index >= 15 is 0 Å². The zero-order chi connectivity index (χ0) is 17.9. The molecular weight excluding hydrogens is 330 g/mol. The highest BCUT2D eigenvalue weighted by Gasteiger charge is 2.26. The van der Waals surface area contributed by atoms with Crippen LogP contribution in [-0.2, 0) is 19.7 Å². The third-order valence-corrected chi connectivity index (χ3v) is 4.21. The molecule has 0 bridgehead atoms. The quantitative estimate of drug-likeness (QED) is 0.706. The molecule has 2 aromatic heterocycles. The maximum Gasteiger partial charge on any atom is 0.272 e. The first-order chi connectivity index (χ1) is 12.7. The molecule has 1 aliphatic rings. The van der Waals surface area contributed by atoms with Gasteiger partial charge in [0.25, 0.3) is 5.91 Å². The molecule has 7 nitrogen and oxygen atoms in total. The first-order valence-electron chi connectivity index (χ1n) is 8.50. The van der Waals surface area contributed by atoms with Crippen molar-refractivity contribution in [1.82, 2.24) is 24.6 Å². The van der Waals surface area contributed by atoms with Gasteiger partial charge in [0.1, 0.15) is 23.7 Å². The van der Waals surface area contributed by atoms with Gasteiger partial charge in [0, 0.05) is 12.7 Å². The number of nitrogens with zero attached hydrogens (tertiary/aromatic N) is 5. The highest BCUT2D eigenvalue weighted by molar-refractivity contribution is 5.93. The lowest BCUT2D eigenvalue weighted by molar-refractivity contribution is 0.0681. The van der Waals surface area contributed by atoms with Crippen LogP contribution >= 0.6 is 0 Å². The van der Waals surface area contributed by atoms with Crippen molar-refractivity contribution in [3.63, 3.8) is 0 Å². The third-order valence-electron chi connectivity index (χ3n) is 4.21. The van der Waals surface area contributed by atoms with Gasteiger partial charge in [0.05, 0.1) is 30.7 Å². The van der Waals surface area contributed by atoms with Crippen LogP contribution in [0.5, 0.6) is 5.75 Å². The molecule has 4 rings (SSSR count). The summed E-state index contributed by atoms with van der Waals surface area (Å²) in [5.74, 6) is 0.738. The number of para-hydroxylation sites is 1. The van der Waals surface area contributed by atoms with Crippen LogP contribution in [0.15, 0.2) is 48.8 Å². The number of aromatic nitrogens is 4. The summed E-state index contributed by atoms with van der Waals surface area (Å²) in [5, 5.41) is 4.49. The summed E-state index contributed by atoms with van der Waals surface area (Å²) >= 11 is 0. The van der Waals surface area contributed by atoms with Gasteiger partial charge in [-0.25, -0.2) is 0 Å². The molecule has 1 aromatic carbocycles. The molecule has 3 aromatic rings. The van der Waals surface area contributed by atoms with E-state index in [1.165, 1.54) is 0 Å². The van der Waals surface area contributed by atoms with Crippen LogP contribution in [0.4, 0.5) is 0 Å². The van der Waals surface area contributed by atoms with E-state index in [9.17, 15) is 4.79 Å². The number of benzene rings is 1. The average molecular weight is 349 g/mol. The summed E-state index contributed by atoms with van der Waals surface area (Å²) in [6.07, 6.45) is 3.40. The number of hydrogen-bond acceptors (Lipinski definition) is 5. The molecule has 132 valence electrons. The standard InChI is InChI=1S/C19H19N5O2/c1-14-10-20-11-16(21-14)12-23-7-8-24-18(19(23)25)9-15(22-24)13-26-17-5-3-2-4-6-17/h2-6,9-11H,7-8,12-13H2,1H3. The first-order valence-corrected chi connectivity index (χ1v) is 8.50. The summed E-state index contributed by atoms with van der Waals surface area (Å²) in [5.41, 5.74) is 2.97. The van der Waals surface area contributed by atoms with Crippen molar-refractivity contribution in [2.24, 2.45) is 0 Å². The summed E-state index contributed by atoms with van der Waals surface area (Å²) < 4.78 is 7.48. The number of amides is 1. The third kappa shape index (κ3) is 3.42. The number of rotatable bonds is 5. The Hall–Kier alpha value is -3.22. The van der Waals surface area contributed by atoms with E-state index in [-0.39, 0.29) is 5.91 Å². The molecule has 3 heterocycles. The number of carbonyl (C=O) groups excluding carboxylic acids is 1. The number of fused-ring (bicyclic) bond motifs is 1. The number of carbonyl (C=O) groups is 1. The van der Waals surface area contributed by atoms with Crippen molar-refractivity contribution in [1.29, 1.82) is 0 Å². The van der Waals surface area contributed by atoms with Crippen molar-refractivity contribution >= 4 is 5.91 Å². The first kappa shape index (κ1) is 16.3. The smallest absolute Gasteiger partial charge is 0.272 e. The fraction of sp³-hybridized carbons (Fsp3) is 0.263.